The van der Waals surface area contributed by atoms with Crippen molar-refractivity contribution in [1.82, 2.24) is 0 Å². The molecule has 0 saturated carbocycles. The molecule has 2 aromatic rings. The number of aliphatic hydroxyl groups excluding tert-OH is 1. The lowest BCUT2D eigenvalue weighted by molar-refractivity contribution is -0.906. The molecule has 0 spiro atoms. The van der Waals surface area contributed by atoms with Crippen LogP contribution in [-0.2, 0) is 0 Å². The molecular weight excluding hydrogens is 317 g/mol. The summed E-state index contributed by atoms with van der Waals surface area (Å²) >= 11 is 0. The van der Waals surface area contributed by atoms with Gasteiger partial charge >= 0.3 is 0 Å². The number of quaternary nitrogens is 1. The van der Waals surface area contributed by atoms with Gasteiger partial charge in [0.25, 0.3) is 0 Å². The number of rotatable bonds is 6. The molecule has 1 heterocycles. The molecule has 0 unspecified atom stereocenters. The normalized spacial score (nSPS) is 17.9. The van der Waals surface area contributed by atoms with Crippen LogP contribution < -0.4 is 9.64 Å². The van der Waals surface area contributed by atoms with E-state index in [9.17, 15) is 9.50 Å². The lowest BCUT2D eigenvalue weighted by Crippen LogP contribution is -3.13. The molecule has 2 atom stereocenters. The van der Waals surface area contributed by atoms with Crippen molar-refractivity contribution in [1.29, 1.82) is 0 Å². The lowest BCUT2D eigenvalue weighted by atomic mass is 9.88. The minimum absolute atomic E-state index is 0.0536. The van der Waals surface area contributed by atoms with Gasteiger partial charge in [-0.25, -0.2) is 4.39 Å². The molecule has 1 aliphatic rings. The van der Waals surface area contributed by atoms with Crippen molar-refractivity contribution < 1.29 is 19.1 Å². The van der Waals surface area contributed by atoms with Crippen LogP contribution in [0.25, 0.3) is 0 Å². The van der Waals surface area contributed by atoms with Gasteiger partial charge in [0.2, 0.25) is 0 Å². The van der Waals surface area contributed by atoms with E-state index in [2.05, 4.69) is 12.1 Å². The second-order valence-electron chi connectivity index (χ2n) is 6.87. The van der Waals surface area contributed by atoms with Crippen LogP contribution in [0.2, 0.25) is 0 Å². The van der Waals surface area contributed by atoms with Crippen molar-refractivity contribution >= 4 is 0 Å². The van der Waals surface area contributed by atoms with Crippen molar-refractivity contribution in [2.24, 2.45) is 0 Å². The number of benzene rings is 2. The molecule has 4 heteroatoms. The summed E-state index contributed by atoms with van der Waals surface area (Å²) in [6, 6.07) is 14.8. The first-order valence-electron chi connectivity index (χ1n) is 9.09. The summed E-state index contributed by atoms with van der Waals surface area (Å²) in [5, 5.41) is 11.0. The molecule has 3 nitrogen and oxygen atoms in total. The molecular formula is C21H27FNO2+. The number of nitrogens with one attached hydrogen (secondary N) is 1. The van der Waals surface area contributed by atoms with Crippen molar-refractivity contribution in [3.8, 4) is 5.75 Å². The highest BCUT2D eigenvalue weighted by Gasteiger charge is 2.28. The smallest absolute Gasteiger partial charge is 0.165 e. The highest BCUT2D eigenvalue weighted by Crippen LogP contribution is 2.32. The monoisotopic (exact) mass is 344 g/mol. The Hall–Kier alpha value is -1.91. The second kappa shape index (κ2) is 8.45. The molecule has 0 aromatic heterocycles. The quantitative estimate of drug-likeness (QED) is 0.845. The SMILES string of the molecule is COc1ccc([C@H](O)[C@H](C[NH+]2CCCCC2)c2ccccc2)cc1F. The van der Waals surface area contributed by atoms with Gasteiger partial charge in [-0.05, 0) is 42.5 Å². The Labute approximate surface area is 149 Å². The third-order valence-corrected chi connectivity index (χ3v) is 5.20. The van der Waals surface area contributed by atoms with Gasteiger partial charge in [-0.1, -0.05) is 36.4 Å². The number of hydrogen-bond acceptors (Lipinski definition) is 2. The van der Waals surface area contributed by atoms with Gasteiger partial charge in [-0.3, -0.25) is 0 Å². The lowest BCUT2D eigenvalue weighted by Gasteiger charge is -2.30. The van der Waals surface area contributed by atoms with Crippen LogP contribution in [0, 0.1) is 5.82 Å². The Bertz CT molecular complexity index is 671. The fourth-order valence-electron chi connectivity index (χ4n) is 3.78. The average molecular weight is 344 g/mol. The highest BCUT2D eigenvalue weighted by atomic mass is 19.1. The average Bonchev–Trinajstić information content (AvgIpc) is 2.67. The van der Waals surface area contributed by atoms with Crippen LogP contribution in [0.5, 0.6) is 5.75 Å². The fourth-order valence-corrected chi connectivity index (χ4v) is 3.78. The zero-order valence-electron chi connectivity index (χ0n) is 14.7. The van der Waals surface area contributed by atoms with Gasteiger partial charge in [0.1, 0.15) is 0 Å². The van der Waals surface area contributed by atoms with Gasteiger partial charge in [0.05, 0.1) is 38.8 Å². The summed E-state index contributed by atoms with van der Waals surface area (Å²) in [6.45, 7) is 3.15. The molecule has 1 aliphatic heterocycles. The van der Waals surface area contributed by atoms with Crippen LogP contribution in [0.3, 0.4) is 0 Å². The first-order chi connectivity index (χ1) is 12.2. The molecule has 2 N–H and O–H groups in total. The van der Waals surface area contributed by atoms with E-state index in [1.807, 2.05) is 18.2 Å². The van der Waals surface area contributed by atoms with E-state index in [4.69, 9.17) is 4.74 Å². The van der Waals surface area contributed by atoms with Gasteiger partial charge in [-0.2, -0.15) is 0 Å². The molecule has 0 bridgehead atoms. The van der Waals surface area contributed by atoms with Crippen molar-refractivity contribution in [2.75, 3.05) is 26.7 Å². The van der Waals surface area contributed by atoms with Crippen LogP contribution in [0.1, 0.15) is 42.4 Å². The molecule has 0 radical (unpaired) electrons. The molecule has 134 valence electrons. The maximum Gasteiger partial charge on any atom is 0.165 e. The van der Waals surface area contributed by atoms with Gasteiger partial charge in [0, 0.05) is 0 Å². The predicted molar refractivity (Wildman–Crippen MR) is 96.5 cm³/mol. The van der Waals surface area contributed by atoms with E-state index in [0.717, 1.165) is 25.2 Å². The van der Waals surface area contributed by atoms with Crippen molar-refractivity contribution in [3.05, 3.63) is 65.5 Å². The molecule has 25 heavy (non-hydrogen) atoms. The van der Waals surface area contributed by atoms with E-state index < -0.39 is 11.9 Å². The summed E-state index contributed by atoms with van der Waals surface area (Å²) in [5.74, 6) is -0.285. The first-order valence-corrected chi connectivity index (χ1v) is 9.09. The van der Waals surface area contributed by atoms with Crippen molar-refractivity contribution in [2.45, 2.75) is 31.3 Å². The summed E-state index contributed by atoms with van der Waals surface area (Å²) in [7, 11) is 1.45. The Balaban J connectivity index is 1.86. The molecule has 0 amide bonds. The summed E-state index contributed by atoms with van der Waals surface area (Å²) in [4.78, 5) is 1.52. The predicted octanol–water partition coefficient (Wildman–Crippen LogP) is 2.72. The van der Waals surface area contributed by atoms with E-state index in [1.54, 1.807) is 12.1 Å². The number of likely N-dealkylation sites (tertiary alicyclic amines) is 1. The standard InChI is InChI=1S/C21H26FNO2/c1-25-20-11-10-17(14-19(20)22)21(24)18(16-8-4-2-5-9-16)15-23-12-6-3-7-13-23/h2,4-5,8-11,14,18,21,24H,3,6-7,12-13,15H2,1H3/p+1/t18-,21+/m1/s1. The Kier molecular flexibility index (Phi) is 6.05. The van der Waals surface area contributed by atoms with Gasteiger partial charge in [-0.15, -0.1) is 0 Å². The zero-order chi connectivity index (χ0) is 17.6. The molecule has 1 fully saturated rings. The number of ether oxygens (including phenoxy) is 1. The van der Waals surface area contributed by atoms with E-state index in [-0.39, 0.29) is 11.7 Å². The largest absolute Gasteiger partial charge is 0.494 e. The van der Waals surface area contributed by atoms with Crippen molar-refractivity contribution in [3.63, 3.8) is 0 Å². The van der Waals surface area contributed by atoms with E-state index >= 15 is 0 Å². The Morgan fingerprint density at radius 2 is 1.76 bits per heavy atom. The maximum absolute atomic E-state index is 14.1. The van der Waals surface area contributed by atoms with E-state index in [1.165, 1.54) is 37.3 Å². The molecule has 1 saturated heterocycles. The minimum atomic E-state index is -0.739. The summed E-state index contributed by atoms with van der Waals surface area (Å²) < 4.78 is 19.1. The second-order valence-corrected chi connectivity index (χ2v) is 6.87. The Morgan fingerprint density at radius 1 is 1.04 bits per heavy atom. The molecule has 2 aromatic carbocycles. The topological polar surface area (TPSA) is 33.9 Å². The summed E-state index contributed by atoms with van der Waals surface area (Å²) in [5.41, 5.74) is 1.70. The number of methoxy groups -OCH3 is 1. The van der Waals surface area contributed by atoms with Gasteiger partial charge in [0.15, 0.2) is 11.6 Å². The molecule has 0 aliphatic carbocycles. The number of hydrogen-bond donors (Lipinski definition) is 2. The van der Waals surface area contributed by atoms with Crippen LogP contribution in [0.15, 0.2) is 48.5 Å². The zero-order valence-corrected chi connectivity index (χ0v) is 14.7. The third-order valence-electron chi connectivity index (χ3n) is 5.20. The Morgan fingerprint density at radius 3 is 2.40 bits per heavy atom. The first kappa shape index (κ1) is 17.9. The number of aliphatic hydroxyl groups is 1. The van der Waals surface area contributed by atoms with Crippen LogP contribution in [0.4, 0.5) is 4.39 Å². The number of piperidine rings is 1. The van der Waals surface area contributed by atoms with E-state index in [0.29, 0.717) is 5.56 Å². The number of halogens is 1. The minimum Gasteiger partial charge on any atom is -0.494 e. The highest BCUT2D eigenvalue weighted by molar-refractivity contribution is 5.33. The summed E-state index contributed by atoms with van der Waals surface area (Å²) in [6.07, 6.45) is 3.04. The van der Waals surface area contributed by atoms with Crippen LogP contribution >= 0.6 is 0 Å². The van der Waals surface area contributed by atoms with Crippen LogP contribution in [-0.4, -0.2) is 31.9 Å². The molecule has 3 rings (SSSR count). The maximum atomic E-state index is 14.1. The third kappa shape index (κ3) is 4.39. The van der Waals surface area contributed by atoms with Gasteiger partial charge < -0.3 is 14.7 Å². The fraction of sp³-hybridized carbons (Fsp3) is 0.429.